The highest BCUT2D eigenvalue weighted by Gasteiger charge is 2.38. The molecule has 2 aromatic carbocycles. The number of aryl methyl sites for hydroxylation is 2. The monoisotopic (exact) mass is 516 g/mol. The Hall–Kier alpha value is -3.28. The van der Waals surface area contributed by atoms with Crippen LogP contribution < -0.4 is 9.62 Å². The van der Waals surface area contributed by atoms with Crippen molar-refractivity contribution >= 4 is 33.3 Å². The van der Waals surface area contributed by atoms with Gasteiger partial charge in [-0.3, -0.25) is 4.72 Å². The van der Waals surface area contributed by atoms with Crippen molar-refractivity contribution in [3.8, 4) is 0 Å². The fraction of sp³-hybridized carbons (Fsp3) is 0.391. The first kappa shape index (κ1) is 28.0. The van der Waals surface area contributed by atoms with Gasteiger partial charge in [0.05, 0.1) is 16.1 Å². The number of halogens is 3. The first-order valence-electron chi connectivity index (χ1n) is 10.9. The molecule has 35 heavy (non-hydrogen) atoms. The number of carboxylic acid groups (broad SMARTS) is 2. The van der Waals surface area contributed by atoms with E-state index in [9.17, 15) is 31.5 Å². The zero-order valence-electron chi connectivity index (χ0n) is 19.2. The van der Waals surface area contributed by atoms with Crippen molar-refractivity contribution in [1.29, 1.82) is 0 Å². The zero-order chi connectivity index (χ0) is 26.4. The van der Waals surface area contributed by atoms with Gasteiger partial charge in [0.25, 0.3) is 10.0 Å². The van der Waals surface area contributed by atoms with Gasteiger partial charge in [-0.25, -0.2) is 18.0 Å². The Labute approximate surface area is 201 Å². The Morgan fingerprint density at radius 3 is 2.06 bits per heavy atom. The fourth-order valence-electron chi connectivity index (χ4n) is 3.70. The summed E-state index contributed by atoms with van der Waals surface area (Å²) in [5, 5.41) is 16.7. The zero-order valence-corrected chi connectivity index (χ0v) is 20.0. The summed E-state index contributed by atoms with van der Waals surface area (Å²) in [6.07, 6.45) is -1.01. The number of aliphatic carboxylic acids is 1. The molecule has 0 unspecified atom stereocenters. The second-order valence-electron chi connectivity index (χ2n) is 7.76. The summed E-state index contributed by atoms with van der Waals surface area (Å²) in [7, 11) is -3.79. The third-order valence-electron chi connectivity index (χ3n) is 5.46. The SMILES string of the molecule is CCN(CC)c1ccc(NS(=O)(=O)c2ccc3c(c2)CCCC3)cc1C(=O)O.O=C(O)C(F)(F)F. The molecule has 0 aromatic heterocycles. The van der Waals surface area contributed by atoms with Crippen molar-refractivity contribution in [2.24, 2.45) is 0 Å². The molecule has 0 heterocycles. The quantitative estimate of drug-likeness (QED) is 0.493. The molecule has 0 atom stereocenters. The largest absolute Gasteiger partial charge is 0.490 e. The van der Waals surface area contributed by atoms with Crippen LogP contribution in [-0.2, 0) is 27.7 Å². The number of benzene rings is 2. The minimum Gasteiger partial charge on any atom is -0.478 e. The van der Waals surface area contributed by atoms with Gasteiger partial charge in [-0.05, 0) is 81.0 Å². The number of hydrogen-bond acceptors (Lipinski definition) is 5. The Bertz CT molecular complexity index is 1180. The van der Waals surface area contributed by atoms with Crippen LogP contribution in [0.2, 0.25) is 0 Å². The van der Waals surface area contributed by atoms with Crippen LogP contribution in [0.5, 0.6) is 0 Å². The van der Waals surface area contributed by atoms with E-state index in [2.05, 4.69) is 4.72 Å². The predicted octanol–water partition coefficient (Wildman–Crippen LogP) is 4.54. The number of rotatable bonds is 7. The molecule has 0 bridgehead atoms. The Morgan fingerprint density at radius 2 is 1.54 bits per heavy atom. The van der Waals surface area contributed by atoms with E-state index in [1.807, 2.05) is 24.8 Å². The van der Waals surface area contributed by atoms with Crippen LogP contribution in [0.25, 0.3) is 0 Å². The molecule has 3 N–H and O–H groups in total. The standard InChI is InChI=1S/C21H26N2O4S.C2HF3O2/c1-3-23(4-2)20-12-10-17(14-19(20)21(24)25)22-28(26,27)18-11-9-15-7-5-6-8-16(15)13-18;3-2(4,5)1(6)7/h9-14,22H,3-8H2,1-2H3,(H,24,25);(H,6,7). The van der Waals surface area contributed by atoms with E-state index in [0.717, 1.165) is 31.2 Å². The van der Waals surface area contributed by atoms with E-state index < -0.39 is 28.1 Å². The van der Waals surface area contributed by atoms with Crippen LogP contribution in [0.15, 0.2) is 41.3 Å². The average molecular weight is 517 g/mol. The predicted molar refractivity (Wildman–Crippen MR) is 125 cm³/mol. The molecule has 192 valence electrons. The lowest BCUT2D eigenvalue weighted by molar-refractivity contribution is -0.192. The van der Waals surface area contributed by atoms with Crippen LogP contribution in [0.1, 0.15) is 48.2 Å². The van der Waals surface area contributed by atoms with Crippen LogP contribution in [0.4, 0.5) is 24.5 Å². The van der Waals surface area contributed by atoms with Gasteiger partial charge in [0.2, 0.25) is 0 Å². The molecule has 3 rings (SSSR count). The molecule has 1 aliphatic carbocycles. The Kier molecular flexibility index (Phi) is 9.13. The highest BCUT2D eigenvalue weighted by atomic mass is 32.2. The van der Waals surface area contributed by atoms with Crippen LogP contribution in [0, 0.1) is 0 Å². The maximum Gasteiger partial charge on any atom is 0.490 e. The van der Waals surface area contributed by atoms with E-state index in [4.69, 9.17) is 9.90 Å². The molecule has 2 aromatic rings. The number of fused-ring (bicyclic) bond motifs is 1. The van der Waals surface area contributed by atoms with Crippen molar-refractivity contribution < 1.29 is 41.4 Å². The third-order valence-corrected chi connectivity index (χ3v) is 6.84. The molecular formula is C23H27F3N2O6S. The van der Waals surface area contributed by atoms with Crippen molar-refractivity contribution in [3.05, 3.63) is 53.1 Å². The molecule has 0 radical (unpaired) electrons. The first-order chi connectivity index (χ1) is 16.3. The minimum atomic E-state index is -5.08. The lowest BCUT2D eigenvalue weighted by Gasteiger charge is -2.23. The van der Waals surface area contributed by atoms with Gasteiger partial charge in [0.15, 0.2) is 0 Å². The van der Waals surface area contributed by atoms with Gasteiger partial charge in [-0.2, -0.15) is 13.2 Å². The Balaban J connectivity index is 0.000000540. The van der Waals surface area contributed by atoms with E-state index in [-0.39, 0.29) is 16.1 Å². The number of carboxylic acids is 2. The lowest BCUT2D eigenvalue weighted by Crippen LogP contribution is -2.24. The van der Waals surface area contributed by atoms with E-state index in [1.165, 1.54) is 11.6 Å². The van der Waals surface area contributed by atoms with E-state index in [0.29, 0.717) is 18.8 Å². The molecule has 0 spiro atoms. The first-order valence-corrected chi connectivity index (χ1v) is 12.4. The van der Waals surface area contributed by atoms with Gasteiger partial charge in [-0.15, -0.1) is 0 Å². The number of aromatic carboxylic acids is 1. The lowest BCUT2D eigenvalue weighted by atomic mass is 9.92. The number of hydrogen-bond donors (Lipinski definition) is 3. The molecule has 1 aliphatic rings. The van der Waals surface area contributed by atoms with Crippen molar-refractivity contribution in [2.75, 3.05) is 22.7 Å². The van der Waals surface area contributed by atoms with Gasteiger partial charge in [-0.1, -0.05) is 6.07 Å². The summed E-state index contributed by atoms with van der Waals surface area (Å²) in [6.45, 7) is 5.22. The van der Waals surface area contributed by atoms with Gasteiger partial charge >= 0.3 is 18.1 Å². The second-order valence-corrected chi connectivity index (χ2v) is 9.44. The molecule has 8 nitrogen and oxygen atoms in total. The highest BCUT2D eigenvalue weighted by molar-refractivity contribution is 7.92. The number of nitrogens with zero attached hydrogens (tertiary/aromatic N) is 1. The third kappa shape index (κ3) is 7.35. The number of alkyl halides is 3. The number of nitrogens with one attached hydrogen (secondary N) is 1. The maximum atomic E-state index is 12.8. The van der Waals surface area contributed by atoms with Gasteiger partial charge in [0.1, 0.15) is 0 Å². The van der Waals surface area contributed by atoms with Crippen LogP contribution >= 0.6 is 0 Å². The second kappa shape index (κ2) is 11.4. The molecule has 0 amide bonds. The van der Waals surface area contributed by atoms with Crippen molar-refractivity contribution in [3.63, 3.8) is 0 Å². The summed E-state index contributed by atoms with van der Waals surface area (Å²) in [5.41, 5.74) is 3.19. The number of carbonyl (C=O) groups is 2. The number of anilines is 2. The molecule has 12 heteroatoms. The molecule has 0 saturated carbocycles. The summed E-state index contributed by atoms with van der Waals surface area (Å²) < 4.78 is 59.9. The molecule has 0 aliphatic heterocycles. The fourth-order valence-corrected chi connectivity index (χ4v) is 4.80. The summed E-state index contributed by atoms with van der Waals surface area (Å²) in [6, 6.07) is 9.88. The van der Waals surface area contributed by atoms with Crippen molar-refractivity contribution in [1.82, 2.24) is 0 Å². The highest BCUT2D eigenvalue weighted by Crippen LogP contribution is 2.28. The molecular weight excluding hydrogens is 489 g/mol. The average Bonchev–Trinajstić information content (AvgIpc) is 2.79. The molecule has 0 saturated heterocycles. The van der Waals surface area contributed by atoms with Crippen LogP contribution in [0.3, 0.4) is 0 Å². The normalized spacial score (nSPS) is 13.2. The summed E-state index contributed by atoms with van der Waals surface area (Å²) in [5.74, 6) is -3.84. The van der Waals surface area contributed by atoms with E-state index in [1.54, 1.807) is 24.3 Å². The topological polar surface area (TPSA) is 124 Å². The number of sulfonamides is 1. The molecule has 0 fully saturated rings. The van der Waals surface area contributed by atoms with Crippen LogP contribution in [-0.4, -0.2) is 49.8 Å². The summed E-state index contributed by atoms with van der Waals surface area (Å²) >= 11 is 0. The van der Waals surface area contributed by atoms with E-state index >= 15 is 0 Å². The maximum absolute atomic E-state index is 12.8. The van der Waals surface area contributed by atoms with Crippen molar-refractivity contribution in [2.45, 2.75) is 50.6 Å². The Morgan fingerprint density at radius 1 is 0.971 bits per heavy atom. The van der Waals surface area contributed by atoms with Gasteiger partial charge < -0.3 is 15.1 Å². The van der Waals surface area contributed by atoms with Gasteiger partial charge in [0, 0.05) is 18.8 Å². The smallest absolute Gasteiger partial charge is 0.478 e. The summed E-state index contributed by atoms with van der Waals surface area (Å²) in [4.78, 5) is 22.7. The minimum absolute atomic E-state index is 0.0781.